The number of nitrogens with one attached hydrogen (secondary N) is 1. The molecule has 1 aliphatic carbocycles. The molecule has 1 aromatic heterocycles. The second-order valence-electron chi connectivity index (χ2n) is 6.47. The molecule has 126 valence electrons. The number of ether oxygens (including phenoxy) is 1. The lowest BCUT2D eigenvalue weighted by atomic mass is 9.93. The standard InChI is InChI=1S/C17H23NO5/c1-10-9-14(13-3-2-8-22-13)23-17(21)15(10)16(20)18-11-4-6-12(19)7-5-11/h9,11-13,19H,2-8H2,1H3,(H,18,20). The summed E-state index contributed by atoms with van der Waals surface area (Å²) >= 11 is 0. The molecule has 0 bridgehead atoms. The maximum atomic E-state index is 12.4. The third kappa shape index (κ3) is 3.64. The van der Waals surface area contributed by atoms with E-state index in [4.69, 9.17) is 9.15 Å². The summed E-state index contributed by atoms with van der Waals surface area (Å²) in [6.45, 7) is 2.41. The van der Waals surface area contributed by atoms with Crippen molar-refractivity contribution < 1.29 is 19.1 Å². The summed E-state index contributed by atoms with van der Waals surface area (Å²) in [6, 6.07) is 1.74. The molecule has 0 radical (unpaired) electrons. The molecular weight excluding hydrogens is 298 g/mol. The number of amides is 1. The molecule has 1 amide bonds. The molecular formula is C17H23NO5. The molecule has 1 saturated heterocycles. The number of rotatable bonds is 3. The highest BCUT2D eigenvalue weighted by atomic mass is 16.5. The van der Waals surface area contributed by atoms with Gasteiger partial charge in [-0.2, -0.15) is 0 Å². The summed E-state index contributed by atoms with van der Waals surface area (Å²) in [4.78, 5) is 24.6. The molecule has 2 heterocycles. The van der Waals surface area contributed by atoms with Crippen LogP contribution in [0.5, 0.6) is 0 Å². The van der Waals surface area contributed by atoms with Gasteiger partial charge >= 0.3 is 5.63 Å². The molecule has 6 nitrogen and oxygen atoms in total. The van der Waals surface area contributed by atoms with Gasteiger partial charge in [0.05, 0.1) is 6.10 Å². The molecule has 0 spiro atoms. The van der Waals surface area contributed by atoms with Gasteiger partial charge in [-0.15, -0.1) is 0 Å². The molecule has 1 atom stereocenters. The van der Waals surface area contributed by atoms with Crippen molar-refractivity contribution in [2.24, 2.45) is 0 Å². The Morgan fingerprint density at radius 3 is 2.61 bits per heavy atom. The van der Waals surface area contributed by atoms with Gasteiger partial charge in [-0.3, -0.25) is 4.79 Å². The van der Waals surface area contributed by atoms with E-state index in [1.165, 1.54) is 0 Å². The summed E-state index contributed by atoms with van der Waals surface area (Å²) in [5.74, 6) is 0.110. The van der Waals surface area contributed by atoms with Crippen LogP contribution >= 0.6 is 0 Å². The van der Waals surface area contributed by atoms with Crippen LogP contribution in [0, 0.1) is 6.92 Å². The fourth-order valence-electron chi connectivity index (χ4n) is 3.34. The SMILES string of the molecule is Cc1cc(C2CCCO2)oc(=O)c1C(=O)NC1CCC(O)CC1. The number of hydrogen-bond acceptors (Lipinski definition) is 5. The first-order valence-corrected chi connectivity index (χ1v) is 8.30. The smallest absolute Gasteiger partial charge is 0.349 e. The number of aryl methyl sites for hydroxylation is 1. The average molecular weight is 321 g/mol. The molecule has 6 heteroatoms. The monoisotopic (exact) mass is 321 g/mol. The Kier molecular flexibility index (Phi) is 4.82. The van der Waals surface area contributed by atoms with E-state index >= 15 is 0 Å². The van der Waals surface area contributed by atoms with E-state index in [0.29, 0.717) is 30.8 Å². The fourth-order valence-corrected chi connectivity index (χ4v) is 3.34. The van der Waals surface area contributed by atoms with Crippen molar-refractivity contribution in [3.8, 4) is 0 Å². The first-order valence-electron chi connectivity index (χ1n) is 8.30. The van der Waals surface area contributed by atoms with Gasteiger partial charge in [-0.25, -0.2) is 4.79 Å². The largest absolute Gasteiger partial charge is 0.424 e. The highest BCUT2D eigenvalue weighted by molar-refractivity contribution is 5.95. The third-order valence-electron chi connectivity index (χ3n) is 4.67. The zero-order chi connectivity index (χ0) is 16.4. The second-order valence-corrected chi connectivity index (χ2v) is 6.47. The Labute approximate surface area is 134 Å². The number of carbonyl (C=O) groups is 1. The van der Waals surface area contributed by atoms with Gasteiger partial charge < -0.3 is 19.6 Å². The Morgan fingerprint density at radius 2 is 2.00 bits per heavy atom. The van der Waals surface area contributed by atoms with E-state index < -0.39 is 11.5 Å². The van der Waals surface area contributed by atoms with Crippen LogP contribution in [0.25, 0.3) is 0 Å². The molecule has 1 unspecified atom stereocenters. The minimum atomic E-state index is -0.608. The Hall–Kier alpha value is -1.66. The van der Waals surface area contributed by atoms with Crippen molar-refractivity contribution in [2.75, 3.05) is 6.61 Å². The maximum Gasteiger partial charge on any atom is 0.349 e. The Bertz CT molecular complexity index is 624. The van der Waals surface area contributed by atoms with E-state index in [-0.39, 0.29) is 23.8 Å². The highest BCUT2D eigenvalue weighted by Crippen LogP contribution is 2.28. The third-order valence-corrected chi connectivity index (χ3v) is 4.67. The van der Waals surface area contributed by atoms with Crippen LogP contribution in [-0.2, 0) is 4.74 Å². The van der Waals surface area contributed by atoms with E-state index in [9.17, 15) is 14.7 Å². The molecule has 23 heavy (non-hydrogen) atoms. The number of aliphatic hydroxyl groups is 1. The first-order chi connectivity index (χ1) is 11.0. The number of carbonyl (C=O) groups excluding carboxylic acids is 1. The minimum absolute atomic E-state index is 0.00235. The highest BCUT2D eigenvalue weighted by Gasteiger charge is 2.26. The summed E-state index contributed by atoms with van der Waals surface area (Å²) in [7, 11) is 0. The molecule has 2 aliphatic rings. The molecule has 3 rings (SSSR count). The number of aliphatic hydroxyl groups excluding tert-OH is 1. The van der Waals surface area contributed by atoms with Gasteiger partial charge in [-0.1, -0.05) is 0 Å². The molecule has 1 aromatic rings. The Balaban J connectivity index is 1.74. The van der Waals surface area contributed by atoms with Crippen LogP contribution in [-0.4, -0.2) is 29.8 Å². The van der Waals surface area contributed by atoms with E-state index in [1.54, 1.807) is 13.0 Å². The summed E-state index contributed by atoms with van der Waals surface area (Å²) in [5.41, 5.74) is 0.0711. The lowest BCUT2D eigenvalue weighted by Crippen LogP contribution is -2.40. The van der Waals surface area contributed by atoms with Gasteiger partial charge in [0.2, 0.25) is 0 Å². The minimum Gasteiger partial charge on any atom is -0.424 e. The number of hydrogen-bond donors (Lipinski definition) is 2. The summed E-state index contributed by atoms with van der Waals surface area (Å²) < 4.78 is 10.8. The van der Waals surface area contributed by atoms with Crippen LogP contribution in [0.15, 0.2) is 15.3 Å². The van der Waals surface area contributed by atoms with Crippen molar-refractivity contribution in [1.82, 2.24) is 5.32 Å². The summed E-state index contributed by atoms with van der Waals surface area (Å²) in [5, 5.41) is 12.4. The van der Waals surface area contributed by atoms with Gasteiger partial charge in [0.15, 0.2) is 0 Å². The van der Waals surface area contributed by atoms with Crippen LogP contribution < -0.4 is 10.9 Å². The van der Waals surface area contributed by atoms with Crippen LogP contribution in [0.3, 0.4) is 0 Å². The average Bonchev–Trinajstić information content (AvgIpc) is 3.03. The quantitative estimate of drug-likeness (QED) is 0.886. The second kappa shape index (κ2) is 6.84. The van der Waals surface area contributed by atoms with E-state index in [1.807, 2.05) is 0 Å². The van der Waals surface area contributed by atoms with Crippen LogP contribution in [0.1, 0.15) is 66.3 Å². The summed E-state index contributed by atoms with van der Waals surface area (Å²) in [6.07, 6.45) is 4.13. The molecule has 0 aromatic carbocycles. The van der Waals surface area contributed by atoms with Gasteiger partial charge in [0.25, 0.3) is 5.91 Å². The topological polar surface area (TPSA) is 88.8 Å². The first kappa shape index (κ1) is 16.2. The zero-order valence-corrected chi connectivity index (χ0v) is 13.3. The molecule has 2 fully saturated rings. The maximum absolute atomic E-state index is 12.4. The lowest BCUT2D eigenvalue weighted by Gasteiger charge is -2.26. The van der Waals surface area contributed by atoms with Crippen molar-refractivity contribution in [1.29, 1.82) is 0 Å². The zero-order valence-electron chi connectivity index (χ0n) is 13.3. The van der Waals surface area contributed by atoms with Crippen LogP contribution in [0.2, 0.25) is 0 Å². The molecule has 1 aliphatic heterocycles. The van der Waals surface area contributed by atoms with E-state index in [0.717, 1.165) is 25.7 Å². The van der Waals surface area contributed by atoms with Crippen LogP contribution in [0.4, 0.5) is 0 Å². The van der Waals surface area contributed by atoms with Crippen molar-refractivity contribution in [3.63, 3.8) is 0 Å². The predicted octanol–water partition coefficient (Wildman–Crippen LogP) is 1.83. The molecule has 2 N–H and O–H groups in total. The van der Waals surface area contributed by atoms with Gasteiger partial charge in [0, 0.05) is 12.6 Å². The molecule has 1 saturated carbocycles. The Morgan fingerprint density at radius 1 is 1.26 bits per heavy atom. The normalized spacial score (nSPS) is 27.8. The van der Waals surface area contributed by atoms with Gasteiger partial charge in [-0.05, 0) is 57.1 Å². The lowest BCUT2D eigenvalue weighted by molar-refractivity contribution is 0.0843. The van der Waals surface area contributed by atoms with Gasteiger partial charge in [0.1, 0.15) is 17.4 Å². The van der Waals surface area contributed by atoms with E-state index in [2.05, 4.69) is 5.32 Å². The van der Waals surface area contributed by atoms with Crippen molar-refractivity contribution >= 4 is 5.91 Å². The van der Waals surface area contributed by atoms with Crippen molar-refractivity contribution in [3.05, 3.63) is 33.4 Å². The van der Waals surface area contributed by atoms with Crippen molar-refractivity contribution in [2.45, 2.75) is 63.7 Å². The predicted molar refractivity (Wildman–Crippen MR) is 83.4 cm³/mol. The fraction of sp³-hybridized carbons (Fsp3) is 0.647.